The van der Waals surface area contributed by atoms with E-state index in [2.05, 4.69) is 10.5 Å². The van der Waals surface area contributed by atoms with E-state index in [0.717, 1.165) is 6.07 Å². The van der Waals surface area contributed by atoms with Gasteiger partial charge in [0.2, 0.25) is 0 Å². The van der Waals surface area contributed by atoms with Gasteiger partial charge in [-0.1, -0.05) is 19.9 Å². The molecule has 0 aliphatic carbocycles. The summed E-state index contributed by atoms with van der Waals surface area (Å²) in [6.45, 7) is 7.29. The number of benzene rings is 1. The van der Waals surface area contributed by atoms with Gasteiger partial charge in [-0.15, -0.1) is 0 Å². The third kappa shape index (κ3) is 5.15. The van der Waals surface area contributed by atoms with E-state index in [-0.39, 0.29) is 23.8 Å². The molecule has 1 aromatic rings. The third-order valence-electron chi connectivity index (χ3n) is 3.31. The second kappa shape index (κ2) is 8.76. The fourth-order valence-corrected chi connectivity index (χ4v) is 2.19. The summed E-state index contributed by atoms with van der Waals surface area (Å²) >= 11 is 0. The van der Waals surface area contributed by atoms with Crippen LogP contribution in [0.2, 0.25) is 0 Å². The van der Waals surface area contributed by atoms with Crippen LogP contribution in [-0.4, -0.2) is 29.1 Å². The number of amides is 1. The number of carbonyl (C=O) groups is 2. The zero-order valence-corrected chi connectivity index (χ0v) is 14.1. The number of nitro benzene ring substituents is 1. The molecule has 1 amide bonds. The highest BCUT2D eigenvalue weighted by Crippen LogP contribution is 2.16. The first kappa shape index (κ1) is 19.3. The molecule has 0 fully saturated rings. The Hall–Kier alpha value is -2.77. The van der Waals surface area contributed by atoms with Crippen molar-refractivity contribution in [2.75, 3.05) is 6.61 Å². The number of carbonyl (C=O) groups excluding carboxylic acids is 2. The lowest BCUT2D eigenvalue weighted by atomic mass is 9.92. The molecule has 8 heteroatoms. The summed E-state index contributed by atoms with van der Waals surface area (Å²) in [5, 5.41) is 14.7. The number of nitro groups is 1. The van der Waals surface area contributed by atoms with E-state index < -0.39 is 22.7 Å². The van der Waals surface area contributed by atoms with Crippen molar-refractivity contribution in [2.45, 2.75) is 27.7 Å². The third-order valence-corrected chi connectivity index (χ3v) is 3.31. The molecule has 1 N–H and O–H groups in total. The second-order valence-corrected chi connectivity index (χ2v) is 5.48. The molecule has 0 bridgehead atoms. The van der Waals surface area contributed by atoms with Crippen molar-refractivity contribution < 1.29 is 19.2 Å². The lowest BCUT2D eigenvalue weighted by molar-refractivity contribution is -0.384. The maximum absolute atomic E-state index is 12.1. The molecule has 0 unspecified atom stereocenters. The highest BCUT2D eigenvalue weighted by atomic mass is 16.6. The number of ether oxygens (including phenoxy) is 1. The SMILES string of the molecule is CCOC(=O)[C@@H](/C(C)=N/NC(=O)c1cccc([N+](=O)[O-])c1)C(C)C. The number of hydrogen-bond acceptors (Lipinski definition) is 6. The molecule has 0 aliphatic heterocycles. The molecule has 0 radical (unpaired) electrons. The Labute approximate surface area is 140 Å². The van der Waals surface area contributed by atoms with E-state index in [9.17, 15) is 19.7 Å². The van der Waals surface area contributed by atoms with Crippen LogP contribution >= 0.6 is 0 Å². The minimum atomic E-state index is -0.593. The predicted octanol–water partition coefficient (Wildman–Crippen LogP) is 2.54. The van der Waals surface area contributed by atoms with Gasteiger partial charge in [0.1, 0.15) is 0 Å². The lowest BCUT2D eigenvalue weighted by Gasteiger charge is -2.18. The molecule has 1 rings (SSSR count). The molecule has 1 aromatic carbocycles. The molecule has 8 nitrogen and oxygen atoms in total. The van der Waals surface area contributed by atoms with Crippen LogP contribution in [0, 0.1) is 22.0 Å². The van der Waals surface area contributed by atoms with E-state index in [1.165, 1.54) is 18.2 Å². The van der Waals surface area contributed by atoms with E-state index in [1.807, 2.05) is 13.8 Å². The Kier molecular flexibility index (Phi) is 7.03. The number of rotatable bonds is 7. The summed E-state index contributed by atoms with van der Waals surface area (Å²) in [6, 6.07) is 5.31. The Bertz CT molecular complexity index is 655. The molecular weight excluding hydrogens is 314 g/mol. The summed E-state index contributed by atoms with van der Waals surface area (Å²) in [6.07, 6.45) is 0. The summed E-state index contributed by atoms with van der Waals surface area (Å²) in [5.41, 5.74) is 2.64. The van der Waals surface area contributed by atoms with Crippen LogP contribution < -0.4 is 5.43 Å². The van der Waals surface area contributed by atoms with Crippen LogP contribution in [0.15, 0.2) is 29.4 Å². The van der Waals surface area contributed by atoms with Gasteiger partial charge in [0.25, 0.3) is 11.6 Å². The lowest BCUT2D eigenvalue weighted by Crippen LogP contribution is -2.31. The Balaban J connectivity index is 2.89. The van der Waals surface area contributed by atoms with Gasteiger partial charge in [-0.3, -0.25) is 19.7 Å². The molecule has 130 valence electrons. The Morgan fingerprint density at radius 2 is 2.04 bits per heavy atom. The van der Waals surface area contributed by atoms with Crippen LogP contribution in [0.3, 0.4) is 0 Å². The summed E-state index contributed by atoms with van der Waals surface area (Å²) in [5.74, 6) is -1.62. The van der Waals surface area contributed by atoms with E-state index in [0.29, 0.717) is 5.71 Å². The molecule has 0 aromatic heterocycles. The van der Waals surface area contributed by atoms with Gasteiger partial charge in [0, 0.05) is 23.4 Å². The first-order valence-electron chi connectivity index (χ1n) is 7.53. The molecular formula is C16H21N3O5. The van der Waals surface area contributed by atoms with Crippen LogP contribution in [0.5, 0.6) is 0 Å². The Morgan fingerprint density at radius 3 is 2.58 bits per heavy atom. The maximum Gasteiger partial charge on any atom is 0.314 e. The zero-order chi connectivity index (χ0) is 18.3. The molecule has 24 heavy (non-hydrogen) atoms. The standard InChI is InChI=1S/C16H21N3O5/c1-5-24-16(21)14(10(2)3)11(4)17-18-15(20)12-7-6-8-13(9-12)19(22)23/h6-10,14H,5H2,1-4H3,(H,18,20)/b17-11+/t14-/m1/s1. The number of nitrogens with zero attached hydrogens (tertiary/aromatic N) is 2. The molecule has 0 saturated heterocycles. The monoisotopic (exact) mass is 335 g/mol. The summed E-state index contributed by atoms with van der Waals surface area (Å²) in [4.78, 5) is 34.2. The second-order valence-electron chi connectivity index (χ2n) is 5.48. The fraction of sp³-hybridized carbons (Fsp3) is 0.438. The van der Waals surface area contributed by atoms with Crippen LogP contribution in [0.4, 0.5) is 5.69 Å². The van der Waals surface area contributed by atoms with Crippen molar-refractivity contribution in [1.82, 2.24) is 5.43 Å². The first-order chi connectivity index (χ1) is 11.3. The molecule has 0 heterocycles. The Morgan fingerprint density at radius 1 is 1.38 bits per heavy atom. The van der Waals surface area contributed by atoms with Gasteiger partial charge in [-0.2, -0.15) is 5.10 Å². The number of non-ortho nitro benzene ring substituents is 1. The average Bonchev–Trinajstić information content (AvgIpc) is 2.52. The van der Waals surface area contributed by atoms with Crippen molar-refractivity contribution in [3.63, 3.8) is 0 Å². The van der Waals surface area contributed by atoms with Crippen molar-refractivity contribution >= 4 is 23.3 Å². The first-order valence-corrected chi connectivity index (χ1v) is 7.53. The van der Waals surface area contributed by atoms with Crippen LogP contribution in [-0.2, 0) is 9.53 Å². The normalized spacial score (nSPS) is 12.6. The quantitative estimate of drug-likeness (QED) is 0.356. The van der Waals surface area contributed by atoms with E-state index >= 15 is 0 Å². The van der Waals surface area contributed by atoms with Crippen molar-refractivity contribution in [3.05, 3.63) is 39.9 Å². The van der Waals surface area contributed by atoms with Gasteiger partial charge in [0.05, 0.1) is 17.4 Å². The van der Waals surface area contributed by atoms with Crippen LogP contribution in [0.1, 0.15) is 38.1 Å². The molecule has 0 spiro atoms. The van der Waals surface area contributed by atoms with Gasteiger partial charge in [-0.05, 0) is 25.8 Å². The summed E-state index contributed by atoms with van der Waals surface area (Å²) < 4.78 is 5.01. The zero-order valence-electron chi connectivity index (χ0n) is 14.1. The van der Waals surface area contributed by atoms with Crippen LogP contribution in [0.25, 0.3) is 0 Å². The average molecular weight is 335 g/mol. The van der Waals surface area contributed by atoms with Gasteiger partial charge >= 0.3 is 5.97 Å². The largest absolute Gasteiger partial charge is 0.465 e. The number of esters is 1. The fourth-order valence-electron chi connectivity index (χ4n) is 2.19. The van der Waals surface area contributed by atoms with E-state index in [1.54, 1.807) is 13.8 Å². The van der Waals surface area contributed by atoms with Crippen molar-refractivity contribution in [3.8, 4) is 0 Å². The summed E-state index contributed by atoms with van der Waals surface area (Å²) in [7, 11) is 0. The molecule has 0 saturated carbocycles. The number of nitrogens with one attached hydrogen (secondary N) is 1. The van der Waals surface area contributed by atoms with Gasteiger partial charge in [0.15, 0.2) is 0 Å². The van der Waals surface area contributed by atoms with Gasteiger partial charge < -0.3 is 4.74 Å². The highest BCUT2D eigenvalue weighted by Gasteiger charge is 2.26. The van der Waals surface area contributed by atoms with Crippen molar-refractivity contribution in [1.29, 1.82) is 0 Å². The predicted molar refractivity (Wildman–Crippen MR) is 88.6 cm³/mol. The maximum atomic E-state index is 12.1. The van der Waals surface area contributed by atoms with Crippen molar-refractivity contribution in [2.24, 2.45) is 16.9 Å². The topological polar surface area (TPSA) is 111 Å². The number of hydrazone groups is 1. The van der Waals surface area contributed by atoms with Gasteiger partial charge in [-0.25, -0.2) is 5.43 Å². The number of hydrogen-bond donors (Lipinski definition) is 1. The minimum Gasteiger partial charge on any atom is -0.465 e. The molecule has 1 atom stereocenters. The minimum absolute atomic E-state index is 0.0532. The molecule has 0 aliphatic rings. The highest BCUT2D eigenvalue weighted by molar-refractivity contribution is 6.02. The van der Waals surface area contributed by atoms with E-state index in [4.69, 9.17) is 4.74 Å². The smallest absolute Gasteiger partial charge is 0.314 e.